The van der Waals surface area contributed by atoms with E-state index < -0.39 is 55.6 Å². The number of aliphatic hydroxyl groups excluding tert-OH is 6. The van der Waals surface area contributed by atoms with E-state index in [2.05, 4.69) is 0 Å². The Hall–Kier alpha value is -1.04. The molecule has 0 unspecified atom stereocenters. The lowest BCUT2D eigenvalue weighted by atomic mass is 9.88. The van der Waals surface area contributed by atoms with E-state index in [-0.39, 0.29) is 12.5 Å². The summed E-state index contributed by atoms with van der Waals surface area (Å²) in [5.74, 6) is -0.835. The topological polar surface area (TPSA) is 149 Å². The normalized spacial score (nSPS) is 47.9. The number of ether oxygens (including phenoxy) is 3. The van der Waals surface area contributed by atoms with Crippen LogP contribution in [0.25, 0.3) is 0 Å². The molecular weight excluding hydrogens is 324 g/mol. The van der Waals surface area contributed by atoms with E-state index in [4.69, 9.17) is 14.2 Å². The lowest BCUT2D eigenvalue weighted by molar-refractivity contribution is -0.339. The molecule has 0 saturated carbocycles. The summed E-state index contributed by atoms with van der Waals surface area (Å²) in [5.41, 5.74) is 0.534. The van der Waals surface area contributed by atoms with Crippen LogP contribution in [0.3, 0.4) is 0 Å². The first-order chi connectivity index (χ1) is 11.5. The van der Waals surface area contributed by atoms with Crippen LogP contribution in [0, 0.1) is 11.8 Å². The molecule has 0 bridgehead atoms. The Morgan fingerprint density at radius 2 is 1.75 bits per heavy atom. The molecule has 6 N–H and O–H groups in total. The average Bonchev–Trinajstić information content (AvgIpc) is 2.92. The minimum absolute atomic E-state index is 0.288. The van der Waals surface area contributed by atoms with Gasteiger partial charge in [0.25, 0.3) is 0 Å². The summed E-state index contributed by atoms with van der Waals surface area (Å²) in [6.07, 6.45) is -4.27. The Labute approximate surface area is 138 Å². The third-order valence-corrected chi connectivity index (χ3v) is 4.73. The van der Waals surface area contributed by atoms with E-state index in [0.29, 0.717) is 5.57 Å². The zero-order valence-electron chi connectivity index (χ0n) is 12.8. The predicted molar refractivity (Wildman–Crippen MR) is 77.0 cm³/mol. The van der Waals surface area contributed by atoms with Crippen LogP contribution in [0.4, 0.5) is 0 Å². The lowest BCUT2D eigenvalue weighted by Crippen LogP contribution is -2.60. The summed E-state index contributed by atoms with van der Waals surface area (Å²) in [6, 6.07) is 0. The maximum Gasteiger partial charge on any atom is 0.209 e. The highest BCUT2D eigenvalue weighted by Crippen LogP contribution is 2.40. The van der Waals surface area contributed by atoms with Crippen molar-refractivity contribution < 1.29 is 44.8 Å². The van der Waals surface area contributed by atoms with Crippen molar-refractivity contribution in [1.29, 1.82) is 0 Å². The van der Waals surface area contributed by atoms with Crippen LogP contribution in [-0.4, -0.2) is 87.0 Å². The molecule has 0 amide bonds. The molecule has 0 aromatic rings. The third kappa shape index (κ3) is 2.98. The van der Waals surface area contributed by atoms with Crippen LogP contribution in [0.5, 0.6) is 0 Å². The van der Waals surface area contributed by atoms with Crippen molar-refractivity contribution >= 4 is 0 Å². The summed E-state index contributed by atoms with van der Waals surface area (Å²) in [4.78, 5) is 0. The molecule has 2 aliphatic heterocycles. The van der Waals surface area contributed by atoms with Gasteiger partial charge in [-0.1, -0.05) is 6.08 Å². The Balaban J connectivity index is 1.75. The van der Waals surface area contributed by atoms with Crippen molar-refractivity contribution in [3.63, 3.8) is 0 Å². The van der Waals surface area contributed by atoms with Crippen LogP contribution in [-0.2, 0) is 14.2 Å². The summed E-state index contributed by atoms with van der Waals surface area (Å²) in [6.45, 7) is -0.854. The molecule has 3 rings (SSSR count). The molecule has 0 spiro atoms. The van der Waals surface area contributed by atoms with Crippen molar-refractivity contribution in [3.05, 3.63) is 24.0 Å². The third-order valence-electron chi connectivity index (χ3n) is 4.73. The first kappa shape index (κ1) is 17.8. The van der Waals surface area contributed by atoms with Gasteiger partial charge in [-0.3, -0.25) is 0 Å². The first-order valence-corrected chi connectivity index (χ1v) is 7.75. The largest absolute Gasteiger partial charge is 0.472 e. The second kappa shape index (κ2) is 7.06. The van der Waals surface area contributed by atoms with Crippen LogP contribution < -0.4 is 0 Å². The molecule has 2 heterocycles. The molecule has 0 radical (unpaired) electrons. The Morgan fingerprint density at radius 1 is 1.00 bits per heavy atom. The number of hydrogen-bond donors (Lipinski definition) is 6. The van der Waals surface area contributed by atoms with Gasteiger partial charge in [0.05, 0.1) is 31.5 Å². The molecule has 0 aromatic carbocycles. The summed E-state index contributed by atoms with van der Waals surface area (Å²) >= 11 is 0. The van der Waals surface area contributed by atoms with Gasteiger partial charge in [0.2, 0.25) is 6.29 Å². The zero-order valence-corrected chi connectivity index (χ0v) is 12.8. The van der Waals surface area contributed by atoms with E-state index in [1.54, 1.807) is 6.08 Å². The average molecular weight is 346 g/mol. The maximum absolute atomic E-state index is 10.0. The molecule has 9 atom stereocenters. The summed E-state index contributed by atoms with van der Waals surface area (Å²) < 4.78 is 16.3. The molecule has 9 heteroatoms. The highest BCUT2D eigenvalue weighted by atomic mass is 16.8. The van der Waals surface area contributed by atoms with Gasteiger partial charge in [0.15, 0.2) is 6.29 Å². The van der Waals surface area contributed by atoms with E-state index in [0.717, 1.165) is 0 Å². The lowest BCUT2D eigenvalue weighted by Gasteiger charge is -2.42. The van der Waals surface area contributed by atoms with Gasteiger partial charge in [-0.05, 0) is 11.6 Å². The van der Waals surface area contributed by atoms with Gasteiger partial charge >= 0.3 is 0 Å². The fourth-order valence-corrected chi connectivity index (χ4v) is 3.38. The van der Waals surface area contributed by atoms with Crippen molar-refractivity contribution in [3.8, 4) is 0 Å². The van der Waals surface area contributed by atoms with Crippen molar-refractivity contribution in [2.45, 2.75) is 43.1 Å². The second-order valence-corrected chi connectivity index (χ2v) is 6.16. The maximum atomic E-state index is 10.0. The van der Waals surface area contributed by atoms with E-state index in [9.17, 15) is 30.6 Å². The Morgan fingerprint density at radius 3 is 2.42 bits per heavy atom. The second-order valence-electron chi connectivity index (χ2n) is 6.16. The zero-order chi connectivity index (χ0) is 17.4. The summed E-state index contributed by atoms with van der Waals surface area (Å²) in [7, 11) is 0. The van der Waals surface area contributed by atoms with Crippen molar-refractivity contribution in [2.75, 3.05) is 13.2 Å². The monoisotopic (exact) mass is 346 g/mol. The highest BCUT2D eigenvalue weighted by Gasteiger charge is 2.49. The minimum atomic E-state index is -1.56. The van der Waals surface area contributed by atoms with Crippen LogP contribution in [0.15, 0.2) is 24.0 Å². The molecule has 1 saturated heterocycles. The fourth-order valence-electron chi connectivity index (χ4n) is 3.38. The van der Waals surface area contributed by atoms with E-state index in [1.807, 2.05) is 0 Å². The van der Waals surface area contributed by atoms with Crippen LogP contribution in [0.1, 0.15) is 0 Å². The number of hydrogen-bond acceptors (Lipinski definition) is 9. The molecule has 1 fully saturated rings. The van der Waals surface area contributed by atoms with Crippen molar-refractivity contribution in [1.82, 2.24) is 0 Å². The van der Waals surface area contributed by atoms with Crippen molar-refractivity contribution in [2.24, 2.45) is 11.8 Å². The van der Waals surface area contributed by atoms with Gasteiger partial charge < -0.3 is 44.8 Å². The first-order valence-electron chi connectivity index (χ1n) is 7.75. The fraction of sp³-hybridized carbons (Fsp3) is 0.733. The number of rotatable bonds is 4. The Kier molecular flexibility index (Phi) is 5.23. The molecule has 136 valence electrons. The minimum Gasteiger partial charge on any atom is -0.472 e. The van der Waals surface area contributed by atoms with Gasteiger partial charge in [-0.15, -0.1) is 0 Å². The molecule has 1 aliphatic carbocycles. The smallest absolute Gasteiger partial charge is 0.209 e. The quantitative estimate of drug-likeness (QED) is 0.297. The standard InChI is InChI=1S/C15H22O9/c16-4-6-3-8(18)7-1-2-22-14(10(6)7)24-15-13(21)12(20)11(19)9(5-17)23-15/h1-3,7-21H,4-5H2/t7-,8-,9-,10+,11-,12+,13-,14+,15+/m1/s1. The number of fused-ring (bicyclic) bond motifs is 1. The van der Waals surface area contributed by atoms with Gasteiger partial charge in [-0.2, -0.15) is 0 Å². The summed E-state index contributed by atoms with van der Waals surface area (Å²) in [5, 5.41) is 58.3. The molecular formula is C15H22O9. The SMILES string of the molecule is OCC1=C[C@@H](O)[C@H]2C=CO[C@@H](O[C@@H]3O[C@H](CO)[C@@H](O)[C@H](O)[C@H]3O)[C@@H]12. The van der Waals surface area contributed by atoms with Crippen LogP contribution in [0.2, 0.25) is 0 Å². The van der Waals surface area contributed by atoms with E-state index >= 15 is 0 Å². The number of aliphatic hydroxyl groups is 6. The van der Waals surface area contributed by atoms with Gasteiger partial charge in [0, 0.05) is 5.92 Å². The predicted octanol–water partition coefficient (Wildman–Crippen LogP) is -2.80. The molecule has 9 nitrogen and oxygen atoms in total. The Bertz CT molecular complexity index is 505. The van der Waals surface area contributed by atoms with Crippen LogP contribution >= 0.6 is 0 Å². The van der Waals surface area contributed by atoms with E-state index in [1.165, 1.54) is 12.3 Å². The molecule has 0 aromatic heterocycles. The highest BCUT2D eigenvalue weighted by molar-refractivity contribution is 5.25. The van der Waals surface area contributed by atoms with Gasteiger partial charge in [-0.25, -0.2) is 0 Å². The molecule has 3 aliphatic rings. The molecule has 24 heavy (non-hydrogen) atoms. The van der Waals surface area contributed by atoms with Gasteiger partial charge in [0.1, 0.15) is 24.4 Å².